The molecule has 5 heteroatoms. The van der Waals surface area contributed by atoms with Crippen molar-refractivity contribution in [2.24, 2.45) is 11.7 Å². The molecule has 2 rings (SSSR count). The molecule has 1 aliphatic carbocycles. The van der Waals surface area contributed by atoms with Crippen LogP contribution in [-0.2, 0) is 0 Å². The Morgan fingerprint density at radius 2 is 2.11 bits per heavy atom. The molecule has 3 nitrogen and oxygen atoms in total. The Labute approximate surface area is 105 Å². The van der Waals surface area contributed by atoms with Crippen LogP contribution in [0.5, 0.6) is 0 Å². The molecule has 1 aromatic heterocycles. The van der Waals surface area contributed by atoms with Crippen LogP contribution in [0.25, 0.3) is 0 Å². The number of alkyl halides is 2. The highest BCUT2D eigenvalue weighted by atomic mass is 19.3. The molecule has 1 aromatic rings. The minimum absolute atomic E-state index is 0.137. The van der Waals surface area contributed by atoms with Gasteiger partial charge in [0.25, 0.3) is 0 Å². The normalized spacial score (nSPS) is 25.9. The third kappa shape index (κ3) is 2.84. The van der Waals surface area contributed by atoms with E-state index in [-0.39, 0.29) is 31.2 Å². The maximum atomic E-state index is 13.2. The largest absolute Gasteiger partial charge is 0.392 e. The Bertz CT molecular complexity index is 386. The predicted molar refractivity (Wildman–Crippen MR) is 64.3 cm³/mol. The Morgan fingerprint density at radius 1 is 1.44 bits per heavy atom. The second-order valence-corrected chi connectivity index (χ2v) is 4.97. The van der Waals surface area contributed by atoms with E-state index in [0.717, 1.165) is 5.56 Å². The number of halogens is 2. The fraction of sp³-hybridized carbons (Fsp3) is 0.615. The van der Waals surface area contributed by atoms with E-state index in [0.29, 0.717) is 6.42 Å². The highest BCUT2D eigenvalue weighted by molar-refractivity contribution is 5.18. The average Bonchev–Trinajstić information content (AvgIpc) is 2.72. The zero-order valence-corrected chi connectivity index (χ0v) is 10.1. The van der Waals surface area contributed by atoms with Crippen LogP contribution in [0, 0.1) is 5.92 Å². The number of rotatable bonds is 4. The van der Waals surface area contributed by atoms with Crippen LogP contribution in [-0.4, -0.2) is 28.7 Å². The molecule has 1 fully saturated rings. The van der Waals surface area contributed by atoms with Gasteiger partial charge in [0.2, 0.25) is 5.92 Å². The molecule has 0 spiro atoms. The van der Waals surface area contributed by atoms with Gasteiger partial charge in [0.1, 0.15) is 0 Å². The van der Waals surface area contributed by atoms with E-state index in [2.05, 4.69) is 4.98 Å². The summed E-state index contributed by atoms with van der Waals surface area (Å²) in [7, 11) is 0. The van der Waals surface area contributed by atoms with E-state index in [1.54, 1.807) is 24.5 Å². The zero-order valence-electron chi connectivity index (χ0n) is 10.1. The molecule has 0 saturated heterocycles. The van der Waals surface area contributed by atoms with Crippen molar-refractivity contribution < 1.29 is 13.9 Å². The highest BCUT2D eigenvalue weighted by Gasteiger charge is 2.43. The van der Waals surface area contributed by atoms with Gasteiger partial charge in [-0.3, -0.25) is 4.98 Å². The third-order valence-electron chi connectivity index (χ3n) is 3.73. The smallest absolute Gasteiger partial charge is 0.248 e. The standard InChI is InChI=1S/C13H18F2N2O/c14-13(15)4-1-10(7-13)12(18)11(8-16)9-2-5-17-6-3-9/h2-3,5-6,10-12,18H,1,4,7-8,16H2. The summed E-state index contributed by atoms with van der Waals surface area (Å²) in [4.78, 5) is 3.90. The van der Waals surface area contributed by atoms with Crippen molar-refractivity contribution in [2.75, 3.05) is 6.54 Å². The number of aliphatic hydroxyl groups excluding tert-OH is 1. The third-order valence-corrected chi connectivity index (χ3v) is 3.73. The fourth-order valence-electron chi connectivity index (χ4n) is 2.69. The molecule has 0 bridgehead atoms. The van der Waals surface area contributed by atoms with Gasteiger partial charge in [-0.15, -0.1) is 0 Å². The Balaban J connectivity index is 2.09. The van der Waals surface area contributed by atoms with Gasteiger partial charge in [-0.25, -0.2) is 8.78 Å². The summed E-state index contributed by atoms with van der Waals surface area (Å²) in [6, 6.07) is 3.54. The lowest BCUT2D eigenvalue weighted by Crippen LogP contribution is -2.32. The number of hydrogen-bond acceptors (Lipinski definition) is 3. The molecule has 1 saturated carbocycles. The van der Waals surface area contributed by atoms with Crippen LogP contribution in [0.15, 0.2) is 24.5 Å². The summed E-state index contributed by atoms with van der Waals surface area (Å²) in [6.45, 7) is 0.243. The molecule has 3 unspecified atom stereocenters. The van der Waals surface area contributed by atoms with Gasteiger partial charge in [0.05, 0.1) is 6.10 Å². The zero-order chi connectivity index (χ0) is 13.2. The second-order valence-electron chi connectivity index (χ2n) is 4.97. The van der Waals surface area contributed by atoms with Crippen molar-refractivity contribution in [1.82, 2.24) is 4.98 Å². The van der Waals surface area contributed by atoms with Crippen molar-refractivity contribution in [3.63, 3.8) is 0 Å². The first-order valence-electron chi connectivity index (χ1n) is 6.19. The van der Waals surface area contributed by atoms with E-state index in [1.807, 2.05) is 0 Å². The fourth-order valence-corrected chi connectivity index (χ4v) is 2.69. The van der Waals surface area contributed by atoms with Gasteiger partial charge < -0.3 is 10.8 Å². The Kier molecular flexibility index (Phi) is 3.92. The minimum Gasteiger partial charge on any atom is -0.392 e. The number of aromatic nitrogens is 1. The van der Waals surface area contributed by atoms with Gasteiger partial charge >= 0.3 is 0 Å². The summed E-state index contributed by atoms with van der Waals surface area (Å²) in [6.07, 6.45) is 2.40. The van der Waals surface area contributed by atoms with Gasteiger partial charge in [0, 0.05) is 37.7 Å². The lowest BCUT2D eigenvalue weighted by atomic mass is 9.85. The van der Waals surface area contributed by atoms with E-state index >= 15 is 0 Å². The van der Waals surface area contributed by atoms with Gasteiger partial charge in [-0.1, -0.05) is 0 Å². The Hall–Kier alpha value is -1.07. The first kappa shape index (κ1) is 13.4. The number of pyridine rings is 1. The quantitative estimate of drug-likeness (QED) is 0.865. The van der Waals surface area contributed by atoms with Crippen LogP contribution in [0.3, 0.4) is 0 Å². The maximum Gasteiger partial charge on any atom is 0.248 e. The molecule has 0 aromatic carbocycles. The Morgan fingerprint density at radius 3 is 2.61 bits per heavy atom. The maximum absolute atomic E-state index is 13.2. The molecule has 1 heterocycles. The molecule has 3 atom stereocenters. The molecule has 18 heavy (non-hydrogen) atoms. The molecular weight excluding hydrogens is 238 g/mol. The average molecular weight is 256 g/mol. The first-order chi connectivity index (χ1) is 8.53. The van der Waals surface area contributed by atoms with E-state index < -0.39 is 12.0 Å². The SMILES string of the molecule is NCC(c1ccncc1)C(O)C1CCC(F)(F)C1. The van der Waals surface area contributed by atoms with Crippen LogP contribution in [0.4, 0.5) is 8.78 Å². The molecule has 0 amide bonds. The topological polar surface area (TPSA) is 59.1 Å². The number of nitrogens with two attached hydrogens (primary N) is 1. The predicted octanol–water partition coefficient (Wildman–Crippen LogP) is 1.92. The van der Waals surface area contributed by atoms with Crippen LogP contribution >= 0.6 is 0 Å². The molecular formula is C13H18F2N2O. The summed E-state index contributed by atoms with van der Waals surface area (Å²) in [5.74, 6) is -3.31. The molecule has 3 N–H and O–H groups in total. The number of aliphatic hydroxyl groups is 1. The molecule has 1 aliphatic rings. The minimum atomic E-state index is -2.64. The summed E-state index contributed by atoms with van der Waals surface area (Å²) in [5, 5.41) is 10.3. The van der Waals surface area contributed by atoms with E-state index in [1.165, 1.54) is 0 Å². The highest BCUT2D eigenvalue weighted by Crippen LogP contribution is 2.42. The van der Waals surface area contributed by atoms with Crippen molar-refractivity contribution in [1.29, 1.82) is 0 Å². The van der Waals surface area contributed by atoms with Crippen LogP contribution in [0.2, 0.25) is 0 Å². The van der Waals surface area contributed by atoms with Crippen molar-refractivity contribution in [3.05, 3.63) is 30.1 Å². The summed E-state index contributed by atoms with van der Waals surface area (Å²) < 4.78 is 26.3. The number of nitrogens with zero attached hydrogens (tertiary/aromatic N) is 1. The van der Waals surface area contributed by atoms with Crippen LogP contribution in [0.1, 0.15) is 30.7 Å². The van der Waals surface area contributed by atoms with Crippen LogP contribution < -0.4 is 5.73 Å². The lowest BCUT2D eigenvalue weighted by molar-refractivity contribution is -0.00761. The van der Waals surface area contributed by atoms with Crippen molar-refractivity contribution >= 4 is 0 Å². The molecule has 0 aliphatic heterocycles. The van der Waals surface area contributed by atoms with E-state index in [4.69, 9.17) is 5.73 Å². The lowest BCUT2D eigenvalue weighted by Gasteiger charge is -2.26. The van der Waals surface area contributed by atoms with E-state index in [9.17, 15) is 13.9 Å². The monoisotopic (exact) mass is 256 g/mol. The van der Waals surface area contributed by atoms with Gasteiger partial charge in [-0.2, -0.15) is 0 Å². The summed E-state index contributed by atoms with van der Waals surface area (Å²) in [5.41, 5.74) is 6.53. The van der Waals surface area contributed by atoms with Gasteiger partial charge in [0.15, 0.2) is 0 Å². The second kappa shape index (κ2) is 5.28. The summed E-state index contributed by atoms with van der Waals surface area (Å²) >= 11 is 0. The first-order valence-corrected chi connectivity index (χ1v) is 6.19. The molecule has 100 valence electrons. The van der Waals surface area contributed by atoms with Gasteiger partial charge in [-0.05, 0) is 30.0 Å². The molecule has 0 radical (unpaired) electrons. The van der Waals surface area contributed by atoms with Crippen molar-refractivity contribution in [2.45, 2.75) is 37.2 Å². The van der Waals surface area contributed by atoms with Crippen molar-refractivity contribution in [3.8, 4) is 0 Å². The number of hydrogen-bond donors (Lipinski definition) is 2.